The lowest BCUT2D eigenvalue weighted by molar-refractivity contribution is -0.128. The van der Waals surface area contributed by atoms with Crippen LogP contribution in [0.25, 0.3) is 0 Å². The molecule has 122 valence electrons. The van der Waals surface area contributed by atoms with E-state index in [9.17, 15) is 13.2 Å². The Kier molecular flexibility index (Phi) is 4.87. The zero-order valence-corrected chi connectivity index (χ0v) is 14.2. The summed E-state index contributed by atoms with van der Waals surface area (Å²) < 4.78 is 30.8. The number of ether oxygens (including phenoxy) is 1. The van der Waals surface area contributed by atoms with Crippen LogP contribution in [-0.2, 0) is 14.8 Å². The molecule has 22 heavy (non-hydrogen) atoms. The number of nitrogens with one attached hydrogen (secondary N) is 1. The molecule has 1 heterocycles. The number of rotatable bonds is 4. The minimum Gasteiger partial charge on any atom is -0.476 e. The number of amides is 1. The van der Waals surface area contributed by atoms with Crippen LogP contribution in [0, 0.1) is 0 Å². The summed E-state index contributed by atoms with van der Waals surface area (Å²) in [6, 6.07) is 4.67. The number of fused-ring (bicyclic) bond motifs is 1. The van der Waals surface area contributed by atoms with E-state index in [1.807, 2.05) is 13.8 Å². The Balaban J connectivity index is 2.33. The van der Waals surface area contributed by atoms with Crippen LogP contribution in [0.3, 0.4) is 0 Å². The number of hydrogen-bond donors (Lipinski definition) is 1. The number of benzene rings is 1. The molecule has 0 spiro atoms. The van der Waals surface area contributed by atoms with E-state index in [2.05, 4.69) is 5.32 Å². The van der Waals surface area contributed by atoms with Crippen LogP contribution in [-0.4, -0.2) is 39.3 Å². The van der Waals surface area contributed by atoms with E-state index in [-0.39, 0.29) is 18.5 Å². The summed E-state index contributed by atoms with van der Waals surface area (Å²) >= 11 is 5.92. The zero-order valence-electron chi connectivity index (χ0n) is 12.7. The highest BCUT2D eigenvalue weighted by Gasteiger charge is 2.35. The van der Waals surface area contributed by atoms with Crippen LogP contribution >= 0.6 is 11.6 Å². The monoisotopic (exact) mass is 346 g/mol. The van der Waals surface area contributed by atoms with E-state index in [1.165, 1.54) is 6.07 Å². The van der Waals surface area contributed by atoms with Crippen molar-refractivity contribution >= 4 is 33.2 Å². The lowest BCUT2D eigenvalue weighted by Crippen LogP contribution is -2.51. The van der Waals surface area contributed by atoms with Gasteiger partial charge in [-0.25, -0.2) is 8.42 Å². The molecule has 1 aromatic rings. The quantitative estimate of drug-likeness (QED) is 0.901. The van der Waals surface area contributed by atoms with Gasteiger partial charge < -0.3 is 10.1 Å². The molecule has 0 bridgehead atoms. The molecule has 1 N–H and O–H groups in total. The summed E-state index contributed by atoms with van der Waals surface area (Å²) in [5.74, 6) is -0.00558. The van der Waals surface area contributed by atoms with Gasteiger partial charge in [-0.1, -0.05) is 18.5 Å². The van der Waals surface area contributed by atoms with Crippen molar-refractivity contribution in [2.24, 2.45) is 0 Å². The third-order valence-corrected chi connectivity index (χ3v) is 4.87. The molecular formula is C14H19ClN2O4S. The smallest absolute Gasteiger partial charge is 0.263 e. The van der Waals surface area contributed by atoms with Crippen molar-refractivity contribution in [3.05, 3.63) is 23.2 Å². The predicted octanol–water partition coefficient (Wildman–Crippen LogP) is 1.78. The number of carbonyl (C=O) groups is 1. The third-order valence-electron chi connectivity index (χ3n) is 3.48. The van der Waals surface area contributed by atoms with Crippen LogP contribution in [0.15, 0.2) is 18.2 Å². The molecule has 0 fully saturated rings. The lowest BCUT2D eigenvalue weighted by atomic mass is 10.2. The summed E-state index contributed by atoms with van der Waals surface area (Å²) in [5, 5.41) is 3.20. The van der Waals surface area contributed by atoms with Crippen molar-refractivity contribution in [1.29, 1.82) is 0 Å². The highest BCUT2D eigenvalue weighted by atomic mass is 35.5. The summed E-state index contributed by atoms with van der Waals surface area (Å²) in [4.78, 5) is 12.2. The summed E-state index contributed by atoms with van der Waals surface area (Å²) in [5.41, 5.74) is 0.350. The SMILES string of the molecule is CC[C@H](C)NC(=O)[C@@H]1CN(S(C)(=O)=O)c2cc(Cl)ccc2O1. The van der Waals surface area contributed by atoms with Gasteiger partial charge in [-0.3, -0.25) is 9.10 Å². The maximum absolute atomic E-state index is 12.2. The fraction of sp³-hybridized carbons (Fsp3) is 0.500. The van der Waals surface area contributed by atoms with Gasteiger partial charge in [0.05, 0.1) is 18.5 Å². The van der Waals surface area contributed by atoms with E-state index < -0.39 is 16.1 Å². The van der Waals surface area contributed by atoms with Crippen LogP contribution < -0.4 is 14.4 Å². The van der Waals surface area contributed by atoms with Crippen LogP contribution in [0.5, 0.6) is 5.75 Å². The Morgan fingerprint density at radius 3 is 2.82 bits per heavy atom. The number of anilines is 1. The zero-order chi connectivity index (χ0) is 16.5. The molecule has 6 nitrogen and oxygen atoms in total. The Bertz CT molecular complexity index is 677. The van der Waals surface area contributed by atoms with Crippen molar-refractivity contribution in [3.8, 4) is 5.75 Å². The summed E-state index contributed by atoms with van der Waals surface area (Å²) in [6.07, 6.45) is 0.977. The van der Waals surface area contributed by atoms with Crippen molar-refractivity contribution in [3.63, 3.8) is 0 Å². The molecule has 1 aromatic carbocycles. The molecule has 1 aliphatic heterocycles. The van der Waals surface area contributed by atoms with E-state index in [0.717, 1.165) is 17.0 Å². The molecule has 1 aliphatic rings. The van der Waals surface area contributed by atoms with Gasteiger partial charge in [0.1, 0.15) is 5.75 Å². The number of nitrogens with zero attached hydrogens (tertiary/aromatic N) is 1. The first-order chi connectivity index (χ1) is 10.2. The van der Waals surface area contributed by atoms with Gasteiger partial charge in [0.2, 0.25) is 10.0 Å². The second-order valence-electron chi connectivity index (χ2n) is 5.33. The highest BCUT2D eigenvalue weighted by Crippen LogP contribution is 2.37. The molecule has 0 saturated carbocycles. The molecule has 0 aromatic heterocycles. The molecule has 0 radical (unpaired) electrons. The van der Waals surface area contributed by atoms with E-state index in [4.69, 9.17) is 16.3 Å². The molecule has 2 rings (SSSR count). The summed E-state index contributed by atoms with van der Waals surface area (Å²) in [6.45, 7) is 3.75. The average molecular weight is 347 g/mol. The highest BCUT2D eigenvalue weighted by molar-refractivity contribution is 7.92. The van der Waals surface area contributed by atoms with Crippen LogP contribution in [0.4, 0.5) is 5.69 Å². The van der Waals surface area contributed by atoms with Crippen molar-refractivity contribution in [1.82, 2.24) is 5.32 Å². The topological polar surface area (TPSA) is 75.7 Å². The molecule has 8 heteroatoms. The average Bonchev–Trinajstić information content (AvgIpc) is 2.44. The first-order valence-electron chi connectivity index (χ1n) is 6.96. The minimum atomic E-state index is -3.54. The molecule has 1 amide bonds. The van der Waals surface area contributed by atoms with Crippen LogP contribution in [0.1, 0.15) is 20.3 Å². The van der Waals surface area contributed by atoms with Gasteiger partial charge in [0.25, 0.3) is 5.91 Å². The first-order valence-corrected chi connectivity index (χ1v) is 9.19. The van der Waals surface area contributed by atoms with Crippen molar-refractivity contribution < 1.29 is 17.9 Å². The van der Waals surface area contributed by atoms with E-state index in [1.54, 1.807) is 12.1 Å². The maximum Gasteiger partial charge on any atom is 0.263 e. The Morgan fingerprint density at radius 2 is 2.23 bits per heavy atom. The minimum absolute atomic E-state index is 0.00519. The van der Waals surface area contributed by atoms with E-state index >= 15 is 0 Å². The fourth-order valence-electron chi connectivity index (χ4n) is 2.11. The fourth-order valence-corrected chi connectivity index (χ4v) is 3.19. The van der Waals surface area contributed by atoms with Gasteiger partial charge in [0.15, 0.2) is 6.10 Å². The van der Waals surface area contributed by atoms with Crippen LogP contribution in [0.2, 0.25) is 5.02 Å². The van der Waals surface area contributed by atoms with Gasteiger partial charge in [-0.2, -0.15) is 0 Å². The number of hydrogen-bond acceptors (Lipinski definition) is 4. The molecule has 0 saturated heterocycles. The van der Waals surface area contributed by atoms with Gasteiger partial charge in [0, 0.05) is 11.1 Å². The largest absolute Gasteiger partial charge is 0.476 e. The second-order valence-corrected chi connectivity index (χ2v) is 7.67. The number of carbonyl (C=O) groups excluding carboxylic acids is 1. The maximum atomic E-state index is 12.2. The van der Waals surface area contributed by atoms with E-state index in [0.29, 0.717) is 16.5 Å². The molecule has 0 aliphatic carbocycles. The van der Waals surface area contributed by atoms with Gasteiger partial charge >= 0.3 is 0 Å². The Labute approximate surface area is 135 Å². The lowest BCUT2D eigenvalue weighted by Gasteiger charge is -2.34. The molecular weight excluding hydrogens is 328 g/mol. The van der Waals surface area contributed by atoms with Gasteiger partial charge in [-0.05, 0) is 31.5 Å². The standard InChI is InChI=1S/C14H19ClN2O4S/c1-4-9(2)16-14(18)13-8-17(22(3,19)20)11-7-10(15)5-6-12(11)21-13/h5-7,9,13H,4,8H2,1-3H3,(H,16,18)/t9-,13-/m0/s1. The Morgan fingerprint density at radius 1 is 1.55 bits per heavy atom. The summed E-state index contributed by atoms with van der Waals surface area (Å²) in [7, 11) is -3.54. The molecule has 2 atom stereocenters. The normalized spacial score (nSPS) is 19.1. The van der Waals surface area contributed by atoms with Gasteiger partial charge in [-0.15, -0.1) is 0 Å². The third kappa shape index (κ3) is 3.64. The number of halogens is 1. The predicted molar refractivity (Wildman–Crippen MR) is 86.0 cm³/mol. The second kappa shape index (κ2) is 6.34. The Hall–Kier alpha value is -1.47. The number of sulfonamides is 1. The van der Waals surface area contributed by atoms with Crippen molar-refractivity contribution in [2.75, 3.05) is 17.1 Å². The van der Waals surface area contributed by atoms with Crippen molar-refractivity contribution in [2.45, 2.75) is 32.4 Å². The first kappa shape index (κ1) is 16.9. The molecule has 0 unspecified atom stereocenters.